The Hall–Kier alpha value is -1.02. The van der Waals surface area contributed by atoms with Crippen molar-refractivity contribution in [2.45, 2.75) is 10.7 Å². The second-order valence-corrected chi connectivity index (χ2v) is 4.50. The van der Waals surface area contributed by atoms with Crippen LogP contribution in [0.3, 0.4) is 0 Å². The van der Waals surface area contributed by atoms with E-state index in [1.165, 1.54) is 6.26 Å². The molecule has 0 fully saturated rings. The summed E-state index contributed by atoms with van der Waals surface area (Å²) in [5, 5.41) is 0. The van der Waals surface area contributed by atoms with Crippen molar-refractivity contribution in [2.24, 2.45) is 0 Å². The normalized spacial score (nSPS) is 11.7. The third-order valence-corrected chi connectivity index (χ3v) is 2.27. The van der Waals surface area contributed by atoms with Gasteiger partial charge in [0.1, 0.15) is 12.0 Å². The molecule has 2 rings (SSSR count). The summed E-state index contributed by atoms with van der Waals surface area (Å²) in [6, 6.07) is 9.20. The maximum absolute atomic E-state index is 12.4. The molecule has 0 amide bonds. The molecule has 0 unspecified atom stereocenters. The third-order valence-electron chi connectivity index (χ3n) is 1.96. The van der Waals surface area contributed by atoms with Gasteiger partial charge in [-0.05, 0) is 12.1 Å². The van der Waals surface area contributed by atoms with E-state index < -0.39 is 4.12 Å². The number of alkyl halides is 3. The molecule has 1 aromatic carbocycles. The lowest BCUT2D eigenvalue weighted by Crippen LogP contribution is -2.10. The molecule has 0 bridgehead atoms. The summed E-state index contributed by atoms with van der Waals surface area (Å²) >= 11 is 0.908. The second-order valence-electron chi connectivity index (χ2n) is 3.24. The Morgan fingerprint density at radius 1 is 1.29 bits per heavy atom. The van der Waals surface area contributed by atoms with Crippen LogP contribution in [0, 0.1) is 0 Å². The Morgan fingerprint density at radius 3 is 2.65 bits per heavy atom. The summed E-state index contributed by atoms with van der Waals surface area (Å²) in [4.78, 5) is 4.06. The van der Waals surface area contributed by atoms with Crippen LogP contribution in [0.1, 0.15) is 5.69 Å². The van der Waals surface area contributed by atoms with E-state index in [9.17, 15) is 8.78 Å². The van der Waals surface area contributed by atoms with Gasteiger partial charge in [0.2, 0.25) is 5.89 Å². The van der Waals surface area contributed by atoms with Crippen molar-refractivity contribution in [3.63, 3.8) is 0 Å². The topological polar surface area (TPSA) is 35.3 Å². The van der Waals surface area contributed by atoms with Crippen molar-refractivity contribution in [3.8, 4) is 11.5 Å². The van der Waals surface area contributed by atoms with Crippen LogP contribution in [-0.4, -0.2) is 9.10 Å². The molecule has 6 heteroatoms. The van der Waals surface area contributed by atoms with Crippen LogP contribution in [0.15, 0.2) is 41.0 Å². The largest absolute Gasteiger partial charge is 0.444 e. The number of aromatic nitrogens is 1. The Balaban J connectivity index is 2.07. The van der Waals surface area contributed by atoms with Crippen LogP contribution < -0.4 is 0 Å². The minimum Gasteiger partial charge on any atom is -0.444 e. The van der Waals surface area contributed by atoms with Crippen molar-refractivity contribution < 1.29 is 17.9 Å². The first-order valence-corrected chi connectivity index (χ1v) is 5.83. The molecule has 1 heterocycles. The molecule has 0 aliphatic heterocycles. The van der Waals surface area contributed by atoms with Gasteiger partial charge in [-0.1, -0.05) is 18.2 Å². The average Bonchev–Trinajstić information content (AvgIpc) is 2.75. The predicted molar refractivity (Wildman–Crippen MR) is 65.7 cm³/mol. The highest BCUT2D eigenvalue weighted by atomic mass is 127. The van der Waals surface area contributed by atoms with Crippen molar-refractivity contribution in [1.29, 1.82) is 0 Å². The number of rotatable bonds is 4. The smallest absolute Gasteiger partial charge is 0.408 e. The van der Waals surface area contributed by atoms with Gasteiger partial charge in [-0.25, -0.2) is 4.98 Å². The van der Waals surface area contributed by atoms with Crippen molar-refractivity contribution in [2.75, 3.05) is 0 Å². The maximum atomic E-state index is 12.4. The summed E-state index contributed by atoms with van der Waals surface area (Å²) in [5.74, 6) is 0.390. The fraction of sp³-hybridized carbons (Fsp3) is 0.182. The second kappa shape index (κ2) is 5.09. The monoisotopic (exact) mass is 351 g/mol. The number of hydrogen-bond acceptors (Lipinski definition) is 3. The average molecular weight is 351 g/mol. The quantitative estimate of drug-likeness (QED) is 0.620. The van der Waals surface area contributed by atoms with Gasteiger partial charge in [0.15, 0.2) is 0 Å². The van der Waals surface area contributed by atoms with E-state index in [0.717, 1.165) is 28.2 Å². The van der Waals surface area contributed by atoms with Gasteiger partial charge in [0.05, 0.1) is 6.61 Å². The maximum Gasteiger partial charge on any atom is 0.408 e. The number of ether oxygens (including phenoxy) is 1. The van der Waals surface area contributed by atoms with E-state index in [1.807, 2.05) is 30.3 Å². The summed E-state index contributed by atoms with van der Waals surface area (Å²) < 4.78 is 31.2. The summed E-state index contributed by atoms with van der Waals surface area (Å²) in [5.41, 5.74) is 1.13. The molecule has 17 heavy (non-hydrogen) atoms. The number of benzene rings is 1. The third kappa shape index (κ3) is 3.74. The van der Waals surface area contributed by atoms with Crippen LogP contribution in [0.4, 0.5) is 8.78 Å². The van der Waals surface area contributed by atoms with E-state index in [1.54, 1.807) is 0 Å². The molecule has 0 aliphatic carbocycles. The zero-order chi connectivity index (χ0) is 12.3. The molecule has 3 nitrogen and oxygen atoms in total. The Labute approximate surface area is 110 Å². The van der Waals surface area contributed by atoms with Gasteiger partial charge in [-0.15, -0.1) is 0 Å². The van der Waals surface area contributed by atoms with Crippen LogP contribution >= 0.6 is 22.6 Å². The molecule has 0 saturated carbocycles. The van der Waals surface area contributed by atoms with Gasteiger partial charge in [0.25, 0.3) is 0 Å². The standard InChI is InChI=1S/C11H8F2INO2/c12-11(13,14)17-7-9-6-16-10(15-9)8-4-2-1-3-5-8/h1-6H,7H2. The fourth-order valence-electron chi connectivity index (χ4n) is 1.24. The Morgan fingerprint density at radius 2 is 2.00 bits per heavy atom. The van der Waals surface area contributed by atoms with Crippen molar-refractivity contribution >= 4 is 22.6 Å². The van der Waals surface area contributed by atoms with Crippen LogP contribution in [0.2, 0.25) is 0 Å². The molecule has 90 valence electrons. The number of hydrogen-bond donors (Lipinski definition) is 0. The van der Waals surface area contributed by atoms with Gasteiger partial charge in [-0.3, -0.25) is 0 Å². The lowest BCUT2D eigenvalue weighted by Gasteiger charge is -2.06. The van der Waals surface area contributed by atoms with Crippen molar-refractivity contribution in [3.05, 3.63) is 42.3 Å². The van der Waals surface area contributed by atoms with Crippen molar-refractivity contribution in [1.82, 2.24) is 4.98 Å². The van der Waals surface area contributed by atoms with Gasteiger partial charge in [-0.2, -0.15) is 8.78 Å². The molecular weight excluding hydrogens is 343 g/mol. The summed E-state index contributed by atoms with van der Waals surface area (Å²) in [6.45, 7) is -0.285. The van der Waals surface area contributed by atoms with E-state index >= 15 is 0 Å². The van der Waals surface area contributed by atoms with Crippen LogP contribution in [0.5, 0.6) is 0 Å². The molecule has 0 saturated heterocycles. The number of nitrogens with zero attached hydrogens (tertiary/aromatic N) is 1. The Bertz CT molecular complexity index is 482. The molecular formula is C11H8F2INO2. The summed E-state index contributed by atoms with van der Waals surface area (Å²) in [6.07, 6.45) is 1.31. The van der Waals surface area contributed by atoms with E-state index in [4.69, 9.17) is 4.42 Å². The Kier molecular flexibility index (Phi) is 3.72. The van der Waals surface area contributed by atoms with Gasteiger partial charge in [0, 0.05) is 28.2 Å². The molecule has 0 aliphatic rings. The highest BCUT2D eigenvalue weighted by molar-refractivity contribution is 14.1. The number of oxazole rings is 1. The summed E-state index contributed by atoms with van der Waals surface area (Å²) in [7, 11) is 0. The minimum atomic E-state index is -3.19. The first-order chi connectivity index (χ1) is 8.04. The lowest BCUT2D eigenvalue weighted by molar-refractivity contribution is -0.154. The van der Waals surface area contributed by atoms with Gasteiger partial charge < -0.3 is 9.15 Å². The molecule has 0 radical (unpaired) electrons. The van der Waals surface area contributed by atoms with Crippen LogP contribution in [0.25, 0.3) is 11.5 Å². The fourth-order valence-corrected chi connectivity index (χ4v) is 1.40. The zero-order valence-electron chi connectivity index (χ0n) is 8.57. The zero-order valence-corrected chi connectivity index (χ0v) is 10.7. The molecule has 0 spiro atoms. The number of halogens is 3. The molecule has 2 aromatic rings. The molecule has 1 aromatic heterocycles. The first kappa shape index (κ1) is 12.4. The first-order valence-electron chi connectivity index (χ1n) is 4.75. The highest BCUT2D eigenvalue weighted by Gasteiger charge is 2.25. The SMILES string of the molecule is FC(F)(I)OCc1coc(-c2ccccc2)n1. The van der Waals surface area contributed by atoms with E-state index in [0.29, 0.717) is 11.6 Å². The molecule has 0 atom stereocenters. The van der Waals surface area contributed by atoms with Gasteiger partial charge >= 0.3 is 4.12 Å². The highest BCUT2D eigenvalue weighted by Crippen LogP contribution is 2.26. The van der Waals surface area contributed by atoms with E-state index in [-0.39, 0.29) is 6.61 Å². The van der Waals surface area contributed by atoms with Crippen LogP contribution in [-0.2, 0) is 11.3 Å². The minimum absolute atomic E-state index is 0.285. The lowest BCUT2D eigenvalue weighted by atomic mass is 10.2. The predicted octanol–water partition coefficient (Wildman–Crippen LogP) is 3.84. The molecule has 0 N–H and O–H groups in total. The van der Waals surface area contributed by atoms with E-state index in [2.05, 4.69) is 9.72 Å².